The molecule has 2 aliphatic rings. The maximum absolute atomic E-state index is 10.9. The zero-order chi connectivity index (χ0) is 20.6. The van der Waals surface area contributed by atoms with Gasteiger partial charge in [0.15, 0.2) is 0 Å². The Morgan fingerprint density at radius 2 is 2.03 bits per heavy atom. The maximum atomic E-state index is 10.9. The van der Waals surface area contributed by atoms with E-state index in [4.69, 9.17) is 15.7 Å². The van der Waals surface area contributed by atoms with Crippen LogP contribution in [0.5, 0.6) is 0 Å². The van der Waals surface area contributed by atoms with Crippen LogP contribution in [0.4, 0.5) is 0 Å². The first kappa shape index (κ1) is 21.7. The van der Waals surface area contributed by atoms with Gasteiger partial charge in [-0.1, -0.05) is 37.6 Å². The van der Waals surface area contributed by atoms with Gasteiger partial charge in [0.2, 0.25) is 0 Å². The first-order valence-electron chi connectivity index (χ1n) is 10.8. The number of hydroxylamine groups is 1. The van der Waals surface area contributed by atoms with Gasteiger partial charge in [-0.25, -0.2) is 0 Å². The number of hydrogen-bond acceptors (Lipinski definition) is 5. The summed E-state index contributed by atoms with van der Waals surface area (Å²) in [5.74, 6) is 0.231. The van der Waals surface area contributed by atoms with Gasteiger partial charge in [-0.2, -0.15) is 5.48 Å². The molecule has 29 heavy (non-hydrogen) atoms. The zero-order valence-corrected chi connectivity index (χ0v) is 17.3. The van der Waals surface area contributed by atoms with Crippen molar-refractivity contribution in [3.63, 3.8) is 0 Å². The van der Waals surface area contributed by atoms with E-state index in [1.165, 1.54) is 5.56 Å². The number of amidine groups is 1. The highest BCUT2D eigenvalue weighted by molar-refractivity contribution is 5.97. The zero-order valence-electron chi connectivity index (χ0n) is 17.3. The van der Waals surface area contributed by atoms with Gasteiger partial charge in [0.05, 0.1) is 12.1 Å². The van der Waals surface area contributed by atoms with E-state index in [-0.39, 0.29) is 12.1 Å². The number of hydrogen-bond donors (Lipinski definition) is 3. The number of nitrogens with one attached hydrogen (secondary N) is 1. The van der Waals surface area contributed by atoms with Crippen LogP contribution in [0.1, 0.15) is 62.6 Å². The summed E-state index contributed by atoms with van der Waals surface area (Å²) >= 11 is 0. The average molecular weight is 403 g/mol. The van der Waals surface area contributed by atoms with Crippen LogP contribution in [-0.2, 0) is 9.63 Å². The Kier molecular flexibility index (Phi) is 8.03. The van der Waals surface area contributed by atoms with Crippen LogP contribution in [0.15, 0.2) is 29.3 Å². The highest BCUT2D eigenvalue weighted by atomic mass is 16.7. The summed E-state index contributed by atoms with van der Waals surface area (Å²) in [7, 11) is 0. The molecular weight excluding hydrogens is 368 g/mol. The molecule has 2 heterocycles. The van der Waals surface area contributed by atoms with Crippen molar-refractivity contribution in [3.05, 3.63) is 35.4 Å². The summed E-state index contributed by atoms with van der Waals surface area (Å²) in [6.45, 7) is 5.71. The van der Waals surface area contributed by atoms with E-state index in [2.05, 4.69) is 34.4 Å². The summed E-state index contributed by atoms with van der Waals surface area (Å²) in [6.07, 6.45) is 5.45. The van der Waals surface area contributed by atoms with Gasteiger partial charge in [-0.15, -0.1) is 0 Å². The molecule has 0 saturated carbocycles. The number of benzene rings is 1. The average Bonchev–Trinajstić information content (AvgIpc) is 3.18. The molecule has 0 amide bonds. The van der Waals surface area contributed by atoms with Crippen molar-refractivity contribution >= 4 is 11.8 Å². The second kappa shape index (κ2) is 10.7. The normalized spacial score (nSPS) is 24.1. The summed E-state index contributed by atoms with van der Waals surface area (Å²) in [4.78, 5) is 23.5. The Hall–Kier alpha value is -1.96. The van der Waals surface area contributed by atoms with Crippen molar-refractivity contribution in [3.8, 4) is 0 Å². The maximum Gasteiger partial charge on any atom is 0.303 e. The molecule has 0 aromatic heterocycles. The number of carboxylic acids is 1. The lowest BCUT2D eigenvalue weighted by atomic mass is 9.93. The summed E-state index contributed by atoms with van der Waals surface area (Å²) in [6, 6.07) is 8.43. The molecule has 1 aromatic carbocycles. The van der Waals surface area contributed by atoms with Crippen molar-refractivity contribution in [2.75, 3.05) is 26.2 Å². The van der Waals surface area contributed by atoms with E-state index < -0.39 is 5.97 Å². The monoisotopic (exact) mass is 402 g/mol. The Labute approximate surface area is 173 Å². The van der Waals surface area contributed by atoms with E-state index in [0.717, 1.165) is 63.8 Å². The fraction of sp³-hybridized carbons (Fsp3) is 0.636. The van der Waals surface area contributed by atoms with E-state index in [0.29, 0.717) is 18.2 Å². The van der Waals surface area contributed by atoms with Gasteiger partial charge in [0, 0.05) is 25.1 Å². The van der Waals surface area contributed by atoms with Crippen molar-refractivity contribution in [1.82, 2.24) is 10.4 Å². The van der Waals surface area contributed by atoms with Crippen LogP contribution in [-0.4, -0.2) is 54.1 Å². The first-order chi connectivity index (χ1) is 14.0. The van der Waals surface area contributed by atoms with Gasteiger partial charge >= 0.3 is 5.97 Å². The third-order valence-corrected chi connectivity index (χ3v) is 5.91. The van der Waals surface area contributed by atoms with Crippen LogP contribution in [0.25, 0.3) is 0 Å². The van der Waals surface area contributed by atoms with E-state index in [1.807, 2.05) is 12.1 Å². The number of carbonyl (C=O) groups is 1. The number of unbranched alkanes of at least 4 members (excludes halogenated alkanes) is 1. The molecule has 160 valence electrons. The predicted molar refractivity (Wildman–Crippen MR) is 114 cm³/mol. The highest BCUT2D eigenvalue weighted by Crippen LogP contribution is 2.27. The number of piperidine rings is 1. The fourth-order valence-electron chi connectivity index (χ4n) is 4.10. The second-order valence-electron chi connectivity index (χ2n) is 8.23. The fourth-order valence-corrected chi connectivity index (χ4v) is 4.10. The molecule has 0 radical (unpaired) electrons. The molecule has 0 bridgehead atoms. The number of likely N-dealkylation sites (tertiary alicyclic amines) is 1. The molecule has 0 aliphatic carbocycles. The topological polar surface area (TPSA) is 100 Å². The van der Waals surface area contributed by atoms with Crippen LogP contribution < -0.4 is 11.2 Å². The third kappa shape index (κ3) is 6.52. The van der Waals surface area contributed by atoms with Gasteiger partial charge in [0.25, 0.3) is 0 Å². The standard InChI is InChI=1S/C22H34N4O3/c1-2-3-10-24-22(23)18-6-4-17(5-7-18)20-14-19(29-25-20)15-26-11-8-16(9-12-26)13-21(27)28/h4-7,16,19-20,25H,2-3,8-15H2,1H3,(H2,23,24)(H,27,28). The minimum absolute atomic E-state index is 0.149. The third-order valence-electron chi connectivity index (χ3n) is 5.91. The van der Waals surface area contributed by atoms with Crippen molar-refractivity contribution in [2.24, 2.45) is 16.6 Å². The number of carboxylic acid groups (broad SMARTS) is 1. The van der Waals surface area contributed by atoms with Crippen molar-refractivity contribution < 1.29 is 14.7 Å². The quantitative estimate of drug-likeness (QED) is 0.334. The molecule has 2 fully saturated rings. The van der Waals surface area contributed by atoms with Crippen molar-refractivity contribution in [2.45, 2.75) is 57.6 Å². The lowest BCUT2D eigenvalue weighted by Crippen LogP contribution is -2.39. The number of nitrogens with zero attached hydrogens (tertiary/aromatic N) is 2. The number of aliphatic carboxylic acids is 1. The number of nitrogens with two attached hydrogens (primary N) is 1. The summed E-state index contributed by atoms with van der Waals surface area (Å²) in [5, 5.41) is 8.94. The molecule has 2 aliphatic heterocycles. The first-order valence-corrected chi connectivity index (χ1v) is 10.8. The minimum Gasteiger partial charge on any atom is -0.481 e. The van der Waals surface area contributed by atoms with Crippen LogP contribution in [0.3, 0.4) is 0 Å². The summed E-state index contributed by atoms with van der Waals surface area (Å²) < 4.78 is 0. The van der Waals surface area contributed by atoms with Crippen molar-refractivity contribution in [1.29, 1.82) is 0 Å². The smallest absolute Gasteiger partial charge is 0.303 e. The molecule has 0 spiro atoms. The molecule has 1 aromatic rings. The Bertz CT molecular complexity index is 684. The number of rotatable bonds is 9. The largest absolute Gasteiger partial charge is 0.481 e. The minimum atomic E-state index is -0.686. The van der Waals surface area contributed by atoms with Gasteiger partial charge in [-0.3, -0.25) is 14.6 Å². The molecule has 3 rings (SSSR count). The van der Waals surface area contributed by atoms with Gasteiger partial charge in [0.1, 0.15) is 5.84 Å². The highest BCUT2D eigenvalue weighted by Gasteiger charge is 2.30. The molecule has 7 heteroatoms. The molecule has 7 nitrogen and oxygen atoms in total. The van der Waals surface area contributed by atoms with E-state index in [1.54, 1.807) is 0 Å². The Balaban J connectivity index is 1.45. The Morgan fingerprint density at radius 3 is 2.69 bits per heavy atom. The molecular formula is C22H34N4O3. The summed E-state index contributed by atoms with van der Waals surface area (Å²) in [5.41, 5.74) is 11.4. The second-order valence-corrected chi connectivity index (χ2v) is 8.23. The lowest BCUT2D eigenvalue weighted by molar-refractivity contribution is -0.138. The van der Waals surface area contributed by atoms with Crippen LogP contribution in [0, 0.1) is 5.92 Å². The predicted octanol–water partition coefficient (Wildman–Crippen LogP) is 2.71. The van der Waals surface area contributed by atoms with Gasteiger partial charge in [-0.05, 0) is 50.3 Å². The van der Waals surface area contributed by atoms with Crippen LogP contribution >= 0.6 is 0 Å². The molecule has 2 atom stereocenters. The Morgan fingerprint density at radius 1 is 1.31 bits per heavy atom. The van der Waals surface area contributed by atoms with Crippen LogP contribution in [0.2, 0.25) is 0 Å². The van der Waals surface area contributed by atoms with Gasteiger partial charge < -0.3 is 15.7 Å². The molecule has 4 N–H and O–H groups in total. The molecule has 2 unspecified atom stereocenters. The number of aliphatic imine (C=N–C) groups is 1. The molecule has 2 saturated heterocycles. The SMILES string of the molecule is CCCCN=C(N)c1ccc(C2CC(CN3CCC(CC(=O)O)CC3)ON2)cc1. The lowest BCUT2D eigenvalue weighted by Gasteiger charge is -2.32. The van der Waals surface area contributed by atoms with E-state index >= 15 is 0 Å². The van der Waals surface area contributed by atoms with E-state index in [9.17, 15) is 4.79 Å².